The van der Waals surface area contributed by atoms with Crippen molar-refractivity contribution in [3.05, 3.63) is 0 Å². The van der Waals surface area contributed by atoms with Crippen LogP contribution in [0, 0.1) is 35.5 Å². The Morgan fingerprint density at radius 2 is 1.55 bits per heavy atom. The molecule has 0 heterocycles. The molecule has 3 aliphatic carbocycles. The number of rotatable bonds is 3. The first-order valence-corrected chi connectivity index (χ1v) is 9.33. The van der Waals surface area contributed by atoms with Crippen LogP contribution >= 0.6 is 0 Å². The number of fused-ring (bicyclic) bond motifs is 5. The van der Waals surface area contributed by atoms with Gasteiger partial charge in [0.1, 0.15) is 0 Å². The van der Waals surface area contributed by atoms with Crippen LogP contribution in [0.15, 0.2) is 0 Å². The molecule has 0 aromatic rings. The van der Waals surface area contributed by atoms with Crippen molar-refractivity contribution in [2.45, 2.75) is 73.8 Å². The van der Waals surface area contributed by atoms with Gasteiger partial charge in [-0.3, -0.25) is 4.79 Å². The summed E-state index contributed by atoms with van der Waals surface area (Å²) >= 11 is 0. The molecule has 3 fully saturated rings. The predicted molar refractivity (Wildman–Crippen MR) is 90.3 cm³/mol. The fraction of sp³-hybridized carbons (Fsp3) is 0.947. The summed E-state index contributed by atoms with van der Waals surface area (Å²) in [6.45, 7) is 14.4. The standard InChI is InChI=1S/C15H24O3.2C2H6/c1-8-4-9(2)15-12-5-11(14(8)15)6-13(12)18-7-17-10(3)16;2*1-2/h8-9,11-15H,4-7H2,1-3H3;2*1-2H3. The number of ether oxygens (including phenoxy) is 2. The zero-order valence-electron chi connectivity index (χ0n) is 15.6. The van der Waals surface area contributed by atoms with Gasteiger partial charge in [0.2, 0.25) is 0 Å². The van der Waals surface area contributed by atoms with Crippen LogP contribution in [0.25, 0.3) is 0 Å². The largest absolute Gasteiger partial charge is 0.439 e. The van der Waals surface area contributed by atoms with E-state index in [0.29, 0.717) is 6.10 Å². The Morgan fingerprint density at radius 3 is 2.14 bits per heavy atom. The Morgan fingerprint density at radius 1 is 0.955 bits per heavy atom. The maximum Gasteiger partial charge on any atom is 0.304 e. The summed E-state index contributed by atoms with van der Waals surface area (Å²) in [5.74, 6) is 4.88. The van der Waals surface area contributed by atoms with Crippen LogP contribution in [0.1, 0.15) is 67.7 Å². The summed E-state index contributed by atoms with van der Waals surface area (Å²) in [4.78, 5) is 10.8. The molecule has 22 heavy (non-hydrogen) atoms. The van der Waals surface area contributed by atoms with E-state index in [2.05, 4.69) is 13.8 Å². The topological polar surface area (TPSA) is 35.5 Å². The minimum absolute atomic E-state index is 0.143. The first-order chi connectivity index (χ1) is 10.6. The number of carbonyl (C=O) groups excluding carboxylic acids is 1. The summed E-state index contributed by atoms with van der Waals surface area (Å²) < 4.78 is 10.7. The fourth-order valence-electron chi connectivity index (χ4n) is 5.33. The van der Waals surface area contributed by atoms with E-state index in [9.17, 15) is 4.79 Å². The third-order valence-electron chi connectivity index (χ3n) is 5.67. The molecule has 3 aliphatic rings. The Hall–Kier alpha value is -0.570. The summed E-state index contributed by atoms with van der Waals surface area (Å²) in [6.07, 6.45) is 4.25. The van der Waals surface area contributed by atoms with Gasteiger partial charge in [-0.05, 0) is 54.8 Å². The van der Waals surface area contributed by atoms with Gasteiger partial charge in [0.05, 0.1) is 6.10 Å². The van der Waals surface area contributed by atoms with Crippen LogP contribution in [0.3, 0.4) is 0 Å². The lowest BCUT2D eigenvalue weighted by molar-refractivity contribution is -0.162. The van der Waals surface area contributed by atoms with Crippen molar-refractivity contribution in [1.82, 2.24) is 0 Å². The average Bonchev–Trinajstić information content (AvgIpc) is 3.16. The maximum atomic E-state index is 10.8. The molecule has 0 aromatic carbocycles. The summed E-state index contributed by atoms with van der Waals surface area (Å²) in [5, 5.41) is 0. The van der Waals surface area contributed by atoms with E-state index < -0.39 is 0 Å². The quantitative estimate of drug-likeness (QED) is 0.549. The van der Waals surface area contributed by atoms with Crippen molar-refractivity contribution in [1.29, 1.82) is 0 Å². The minimum Gasteiger partial charge on any atom is -0.439 e. The molecule has 2 bridgehead atoms. The van der Waals surface area contributed by atoms with Crippen molar-refractivity contribution < 1.29 is 14.3 Å². The molecule has 0 radical (unpaired) electrons. The van der Waals surface area contributed by atoms with E-state index in [1.165, 1.54) is 26.2 Å². The highest BCUT2D eigenvalue weighted by atomic mass is 16.7. The van der Waals surface area contributed by atoms with Crippen molar-refractivity contribution in [3.8, 4) is 0 Å². The Kier molecular flexibility index (Phi) is 7.88. The molecule has 0 amide bonds. The number of carbonyl (C=O) groups is 1. The summed E-state index contributed by atoms with van der Waals surface area (Å²) in [6, 6.07) is 0. The molecule has 130 valence electrons. The van der Waals surface area contributed by atoms with Gasteiger partial charge in [0, 0.05) is 6.92 Å². The molecular weight excluding hydrogens is 276 g/mol. The highest BCUT2D eigenvalue weighted by Gasteiger charge is 2.58. The molecule has 0 N–H and O–H groups in total. The van der Waals surface area contributed by atoms with Gasteiger partial charge in [-0.2, -0.15) is 0 Å². The van der Waals surface area contributed by atoms with Crippen molar-refractivity contribution in [2.75, 3.05) is 6.79 Å². The third kappa shape index (κ3) is 3.84. The first kappa shape index (κ1) is 19.5. The van der Waals surface area contributed by atoms with E-state index in [0.717, 1.165) is 35.5 Å². The van der Waals surface area contributed by atoms with Gasteiger partial charge < -0.3 is 9.47 Å². The number of esters is 1. The fourth-order valence-corrected chi connectivity index (χ4v) is 5.33. The normalized spacial score (nSPS) is 41.0. The van der Waals surface area contributed by atoms with Gasteiger partial charge in [-0.15, -0.1) is 0 Å². The Labute approximate surface area is 137 Å². The lowest BCUT2D eigenvalue weighted by Crippen LogP contribution is -2.34. The van der Waals surface area contributed by atoms with E-state index in [4.69, 9.17) is 9.47 Å². The Bertz CT molecular complexity index is 342. The second-order valence-electron chi connectivity index (χ2n) is 6.70. The van der Waals surface area contributed by atoms with Crippen molar-refractivity contribution in [2.24, 2.45) is 35.5 Å². The molecular formula is C19H36O3. The molecule has 3 saturated carbocycles. The van der Waals surface area contributed by atoms with E-state index in [-0.39, 0.29) is 12.8 Å². The molecule has 3 heteroatoms. The highest BCUT2D eigenvalue weighted by molar-refractivity contribution is 5.65. The molecule has 0 saturated heterocycles. The summed E-state index contributed by atoms with van der Waals surface area (Å²) in [7, 11) is 0. The van der Waals surface area contributed by atoms with Gasteiger partial charge in [-0.1, -0.05) is 41.5 Å². The highest BCUT2D eigenvalue weighted by Crippen LogP contribution is 2.63. The van der Waals surface area contributed by atoms with Crippen LogP contribution in [-0.4, -0.2) is 18.9 Å². The molecule has 3 nitrogen and oxygen atoms in total. The van der Waals surface area contributed by atoms with Gasteiger partial charge >= 0.3 is 5.97 Å². The summed E-state index contributed by atoms with van der Waals surface area (Å²) in [5.41, 5.74) is 0. The number of hydrogen-bond donors (Lipinski definition) is 0. The average molecular weight is 312 g/mol. The monoisotopic (exact) mass is 312 g/mol. The van der Waals surface area contributed by atoms with E-state index >= 15 is 0 Å². The van der Waals surface area contributed by atoms with Crippen LogP contribution in [0.5, 0.6) is 0 Å². The molecule has 3 rings (SSSR count). The molecule has 0 spiro atoms. The molecule has 0 aliphatic heterocycles. The zero-order valence-corrected chi connectivity index (χ0v) is 15.6. The Balaban J connectivity index is 0.000000561. The minimum atomic E-state index is -0.251. The molecule has 7 atom stereocenters. The van der Waals surface area contributed by atoms with E-state index in [1.807, 2.05) is 27.7 Å². The SMILES string of the molecule is CC.CC.CC(=O)OCOC1CC2CC1C1C(C)CC(C)C21. The lowest BCUT2D eigenvalue weighted by atomic mass is 9.75. The number of hydrogen-bond acceptors (Lipinski definition) is 3. The zero-order chi connectivity index (χ0) is 16.9. The first-order valence-electron chi connectivity index (χ1n) is 9.33. The third-order valence-corrected chi connectivity index (χ3v) is 5.67. The van der Waals surface area contributed by atoms with Gasteiger partial charge in [0.25, 0.3) is 0 Å². The molecule has 0 aromatic heterocycles. The van der Waals surface area contributed by atoms with Gasteiger partial charge in [-0.25, -0.2) is 0 Å². The second-order valence-corrected chi connectivity index (χ2v) is 6.70. The molecule has 7 unspecified atom stereocenters. The van der Waals surface area contributed by atoms with Crippen molar-refractivity contribution >= 4 is 5.97 Å². The predicted octanol–water partition coefficient (Wildman–Crippen LogP) is 4.89. The van der Waals surface area contributed by atoms with Crippen LogP contribution in [0.4, 0.5) is 0 Å². The lowest BCUT2D eigenvalue weighted by Gasteiger charge is -2.34. The van der Waals surface area contributed by atoms with Crippen molar-refractivity contribution in [3.63, 3.8) is 0 Å². The van der Waals surface area contributed by atoms with E-state index in [1.54, 1.807) is 0 Å². The van der Waals surface area contributed by atoms with Crippen LogP contribution in [0.2, 0.25) is 0 Å². The van der Waals surface area contributed by atoms with Gasteiger partial charge in [0.15, 0.2) is 6.79 Å². The second kappa shape index (κ2) is 8.90. The van der Waals surface area contributed by atoms with Crippen LogP contribution < -0.4 is 0 Å². The smallest absolute Gasteiger partial charge is 0.304 e. The maximum absolute atomic E-state index is 10.8. The van der Waals surface area contributed by atoms with Crippen LogP contribution in [-0.2, 0) is 14.3 Å².